The third kappa shape index (κ3) is 3.08. The lowest BCUT2D eigenvalue weighted by molar-refractivity contribution is 0.493. The van der Waals surface area contributed by atoms with E-state index in [2.05, 4.69) is 5.32 Å². The Balaban J connectivity index is 2.05. The molecule has 1 saturated heterocycles. The summed E-state index contributed by atoms with van der Waals surface area (Å²) in [6.07, 6.45) is 1.66. The Kier molecular flexibility index (Phi) is 4.60. The van der Waals surface area contributed by atoms with E-state index in [4.69, 9.17) is 0 Å². The largest absolute Gasteiger partial charge is 0.315 e. The van der Waals surface area contributed by atoms with Gasteiger partial charge in [-0.25, -0.2) is 8.42 Å². The molecule has 2 aromatic carbocycles. The Bertz CT molecular complexity index is 653. The molecule has 0 saturated carbocycles. The molecule has 1 N–H and O–H groups in total. The first kappa shape index (κ1) is 15.3. The van der Waals surface area contributed by atoms with E-state index in [1.807, 2.05) is 60.7 Å². The van der Waals surface area contributed by atoms with Crippen molar-refractivity contribution in [1.29, 1.82) is 0 Å². The first-order valence-corrected chi connectivity index (χ1v) is 9.34. The van der Waals surface area contributed by atoms with E-state index >= 15 is 0 Å². The van der Waals surface area contributed by atoms with Crippen LogP contribution in [0.4, 0.5) is 0 Å². The number of nitrogens with one attached hydrogen (secondary N) is 1. The Hall–Kier alpha value is -1.65. The summed E-state index contributed by atoms with van der Waals surface area (Å²) < 4.78 is 26.5. The number of piperidine rings is 1. The van der Waals surface area contributed by atoms with Gasteiger partial charge in [0.15, 0.2) is 9.84 Å². The van der Waals surface area contributed by atoms with Gasteiger partial charge in [0, 0.05) is 6.54 Å². The van der Waals surface area contributed by atoms with Crippen LogP contribution in [0.1, 0.15) is 29.2 Å². The summed E-state index contributed by atoms with van der Waals surface area (Å²) in [5.74, 6) is 0. The lowest BCUT2D eigenvalue weighted by Gasteiger charge is -2.28. The molecule has 1 aliphatic rings. The standard InChI is InChI=1S/C18H21NO2S/c20-22(21,17-12-7-13-19-14-17)18(15-8-3-1-4-9-15)16-10-5-2-6-11-16/h1-6,8-11,17-19H,7,12-14H2. The summed E-state index contributed by atoms with van der Waals surface area (Å²) in [7, 11) is -3.29. The molecular weight excluding hydrogens is 294 g/mol. The van der Waals surface area contributed by atoms with Crippen LogP contribution in [0, 0.1) is 0 Å². The molecule has 1 atom stereocenters. The minimum Gasteiger partial charge on any atom is -0.315 e. The zero-order valence-corrected chi connectivity index (χ0v) is 13.3. The molecule has 3 rings (SSSR count). The summed E-state index contributed by atoms with van der Waals surface area (Å²) in [6, 6.07) is 19.1. The number of sulfone groups is 1. The van der Waals surface area contributed by atoms with Crippen molar-refractivity contribution in [2.45, 2.75) is 23.3 Å². The van der Waals surface area contributed by atoms with Crippen LogP contribution in [0.3, 0.4) is 0 Å². The number of benzene rings is 2. The fraction of sp³-hybridized carbons (Fsp3) is 0.333. The second kappa shape index (κ2) is 6.63. The Morgan fingerprint density at radius 3 is 1.91 bits per heavy atom. The Morgan fingerprint density at radius 1 is 0.909 bits per heavy atom. The maximum atomic E-state index is 13.2. The summed E-state index contributed by atoms with van der Waals surface area (Å²) in [5, 5.41) is 2.32. The van der Waals surface area contributed by atoms with E-state index in [1.54, 1.807) is 0 Å². The van der Waals surface area contributed by atoms with Crippen LogP contribution >= 0.6 is 0 Å². The fourth-order valence-corrected chi connectivity index (χ4v) is 5.42. The summed E-state index contributed by atoms with van der Waals surface area (Å²) in [6.45, 7) is 1.46. The minimum absolute atomic E-state index is 0.313. The Labute approximate surface area is 132 Å². The van der Waals surface area contributed by atoms with E-state index in [0.717, 1.165) is 30.5 Å². The van der Waals surface area contributed by atoms with Crippen LogP contribution in [0.25, 0.3) is 0 Å². The summed E-state index contributed by atoms with van der Waals surface area (Å²) in [4.78, 5) is 0. The maximum absolute atomic E-state index is 13.2. The van der Waals surface area contributed by atoms with Crippen molar-refractivity contribution in [1.82, 2.24) is 5.32 Å². The van der Waals surface area contributed by atoms with Crippen molar-refractivity contribution in [3.63, 3.8) is 0 Å². The van der Waals surface area contributed by atoms with Crippen molar-refractivity contribution in [2.75, 3.05) is 13.1 Å². The monoisotopic (exact) mass is 315 g/mol. The number of rotatable bonds is 4. The van der Waals surface area contributed by atoms with Crippen LogP contribution in [0.5, 0.6) is 0 Å². The third-order valence-electron chi connectivity index (χ3n) is 4.25. The number of hydrogen-bond donors (Lipinski definition) is 1. The van der Waals surface area contributed by atoms with Crippen LogP contribution in [-0.2, 0) is 9.84 Å². The highest BCUT2D eigenvalue weighted by Crippen LogP contribution is 2.34. The molecule has 0 radical (unpaired) electrons. The number of hydrogen-bond acceptors (Lipinski definition) is 3. The molecule has 1 aliphatic heterocycles. The van der Waals surface area contributed by atoms with Gasteiger partial charge in [-0.1, -0.05) is 60.7 Å². The van der Waals surface area contributed by atoms with Gasteiger partial charge in [0.1, 0.15) is 5.25 Å². The fourth-order valence-electron chi connectivity index (χ4n) is 3.12. The quantitative estimate of drug-likeness (QED) is 0.943. The molecule has 1 heterocycles. The van der Waals surface area contributed by atoms with Gasteiger partial charge in [0.05, 0.1) is 5.25 Å². The van der Waals surface area contributed by atoms with Gasteiger partial charge < -0.3 is 5.32 Å². The van der Waals surface area contributed by atoms with Gasteiger partial charge in [-0.3, -0.25) is 0 Å². The van der Waals surface area contributed by atoms with Gasteiger partial charge in [-0.2, -0.15) is 0 Å². The maximum Gasteiger partial charge on any atom is 0.165 e. The van der Waals surface area contributed by atoms with Gasteiger partial charge in [-0.05, 0) is 30.5 Å². The van der Waals surface area contributed by atoms with Crippen LogP contribution in [-0.4, -0.2) is 26.8 Å². The SMILES string of the molecule is O=S(=O)(C1CCCNC1)C(c1ccccc1)c1ccccc1. The summed E-state index contributed by atoms with van der Waals surface area (Å²) in [5.41, 5.74) is 1.69. The van der Waals surface area contributed by atoms with Crippen LogP contribution in [0.2, 0.25) is 0 Å². The molecule has 0 amide bonds. The zero-order valence-electron chi connectivity index (χ0n) is 12.5. The van der Waals surface area contributed by atoms with Crippen molar-refractivity contribution in [3.8, 4) is 0 Å². The minimum atomic E-state index is -3.29. The summed E-state index contributed by atoms with van der Waals surface area (Å²) >= 11 is 0. The van der Waals surface area contributed by atoms with Gasteiger partial charge in [0.2, 0.25) is 0 Å². The molecule has 2 aromatic rings. The second-order valence-corrected chi connectivity index (χ2v) is 8.07. The predicted octanol–water partition coefficient (Wildman–Crippen LogP) is 2.94. The molecule has 3 nitrogen and oxygen atoms in total. The topological polar surface area (TPSA) is 46.2 Å². The Morgan fingerprint density at radius 2 is 1.45 bits per heavy atom. The molecule has 0 aliphatic carbocycles. The highest BCUT2D eigenvalue weighted by Gasteiger charge is 2.36. The first-order valence-electron chi connectivity index (χ1n) is 7.73. The van der Waals surface area contributed by atoms with Crippen molar-refractivity contribution < 1.29 is 8.42 Å². The van der Waals surface area contributed by atoms with E-state index in [-0.39, 0.29) is 5.25 Å². The van der Waals surface area contributed by atoms with Crippen LogP contribution in [0.15, 0.2) is 60.7 Å². The average molecular weight is 315 g/mol. The highest BCUT2D eigenvalue weighted by atomic mass is 32.2. The third-order valence-corrected chi connectivity index (χ3v) is 6.78. The van der Waals surface area contributed by atoms with E-state index in [9.17, 15) is 8.42 Å². The lowest BCUT2D eigenvalue weighted by Crippen LogP contribution is -2.40. The average Bonchev–Trinajstić information content (AvgIpc) is 2.58. The van der Waals surface area contributed by atoms with Crippen molar-refractivity contribution in [2.24, 2.45) is 0 Å². The first-order chi connectivity index (χ1) is 10.7. The highest BCUT2D eigenvalue weighted by molar-refractivity contribution is 7.92. The molecule has 0 spiro atoms. The van der Waals surface area contributed by atoms with Gasteiger partial charge in [0.25, 0.3) is 0 Å². The molecule has 1 unspecified atom stereocenters. The molecular formula is C18H21NO2S. The van der Waals surface area contributed by atoms with Gasteiger partial charge in [-0.15, -0.1) is 0 Å². The zero-order chi connectivity index (χ0) is 15.4. The second-order valence-electron chi connectivity index (χ2n) is 5.76. The van der Waals surface area contributed by atoms with Crippen molar-refractivity contribution in [3.05, 3.63) is 71.8 Å². The van der Waals surface area contributed by atoms with Crippen molar-refractivity contribution >= 4 is 9.84 Å². The van der Waals surface area contributed by atoms with E-state index < -0.39 is 15.1 Å². The molecule has 116 valence electrons. The molecule has 0 aromatic heterocycles. The molecule has 1 fully saturated rings. The molecule has 22 heavy (non-hydrogen) atoms. The molecule has 4 heteroatoms. The predicted molar refractivity (Wildman–Crippen MR) is 89.5 cm³/mol. The van der Waals surface area contributed by atoms with E-state index in [1.165, 1.54) is 0 Å². The molecule has 0 bridgehead atoms. The van der Waals surface area contributed by atoms with E-state index in [0.29, 0.717) is 6.54 Å². The smallest absolute Gasteiger partial charge is 0.165 e. The van der Waals surface area contributed by atoms with Gasteiger partial charge >= 0.3 is 0 Å². The van der Waals surface area contributed by atoms with Crippen LogP contribution < -0.4 is 5.32 Å². The normalized spacial score (nSPS) is 19.2. The lowest BCUT2D eigenvalue weighted by atomic mass is 10.0.